The summed E-state index contributed by atoms with van der Waals surface area (Å²) in [7, 11) is -4.22. The van der Waals surface area contributed by atoms with Gasteiger partial charge < -0.3 is 4.74 Å². The molecule has 3 aromatic rings. The van der Waals surface area contributed by atoms with Gasteiger partial charge in [0.15, 0.2) is 0 Å². The molecule has 0 heterocycles. The first-order valence-corrected chi connectivity index (χ1v) is 10.0. The molecule has 5 nitrogen and oxygen atoms in total. The van der Waals surface area contributed by atoms with Crippen LogP contribution < -0.4 is 9.04 Å². The second-order valence-corrected chi connectivity index (χ2v) is 7.61. The van der Waals surface area contributed by atoms with E-state index in [4.69, 9.17) is 4.74 Å². The van der Waals surface area contributed by atoms with E-state index in [0.29, 0.717) is 16.7 Å². The Bertz CT molecular complexity index is 1070. The molecule has 0 spiro atoms. The Balaban J connectivity index is 2.12. The smallest absolute Gasteiger partial charge is 0.272 e. The fourth-order valence-corrected chi connectivity index (χ4v) is 4.08. The highest BCUT2D eigenvalue weighted by Crippen LogP contribution is 2.28. The van der Waals surface area contributed by atoms with Gasteiger partial charge in [-0.1, -0.05) is 24.3 Å². The van der Waals surface area contributed by atoms with Gasteiger partial charge in [-0.3, -0.25) is 4.79 Å². The SMILES string of the molecule is CCOc1ccc(N(C(=O)c2cccc(F)c2)S(=O)(=O)c2ccccc2)cc1. The molecule has 0 saturated carbocycles. The fraction of sp³-hybridized carbons (Fsp3) is 0.0952. The summed E-state index contributed by atoms with van der Waals surface area (Å²) < 4.78 is 46.1. The average molecular weight is 399 g/mol. The quantitative estimate of drug-likeness (QED) is 0.621. The first kappa shape index (κ1) is 19.6. The lowest BCUT2D eigenvalue weighted by Gasteiger charge is -2.23. The Morgan fingerprint density at radius 3 is 2.25 bits per heavy atom. The van der Waals surface area contributed by atoms with E-state index >= 15 is 0 Å². The molecule has 0 aliphatic carbocycles. The van der Waals surface area contributed by atoms with E-state index < -0.39 is 21.7 Å². The predicted molar refractivity (Wildman–Crippen MR) is 104 cm³/mol. The van der Waals surface area contributed by atoms with Crippen molar-refractivity contribution >= 4 is 21.6 Å². The van der Waals surface area contributed by atoms with Gasteiger partial charge in [-0.2, -0.15) is 4.31 Å². The lowest BCUT2D eigenvalue weighted by Crippen LogP contribution is -2.37. The minimum absolute atomic E-state index is 0.0476. The van der Waals surface area contributed by atoms with Crippen LogP contribution in [0.3, 0.4) is 0 Å². The van der Waals surface area contributed by atoms with Crippen molar-refractivity contribution in [3.05, 3.63) is 90.2 Å². The number of rotatable bonds is 6. The number of hydrogen-bond donors (Lipinski definition) is 0. The molecule has 0 N–H and O–H groups in total. The number of nitrogens with zero attached hydrogens (tertiary/aromatic N) is 1. The van der Waals surface area contributed by atoms with Crippen molar-refractivity contribution in [2.75, 3.05) is 10.9 Å². The summed E-state index contributed by atoms with van der Waals surface area (Å²) in [5.74, 6) is -0.941. The molecule has 0 aliphatic heterocycles. The second-order valence-electron chi connectivity index (χ2n) is 5.82. The predicted octanol–water partition coefficient (Wildman–Crippen LogP) is 4.26. The zero-order chi connectivity index (χ0) is 20.1. The number of sulfonamides is 1. The van der Waals surface area contributed by atoms with Crippen LogP contribution >= 0.6 is 0 Å². The van der Waals surface area contributed by atoms with E-state index in [2.05, 4.69) is 0 Å². The molecule has 144 valence electrons. The number of benzene rings is 3. The molecule has 0 fully saturated rings. The molecule has 0 atom stereocenters. The zero-order valence-electron chi connectivity index (χ0n) is 15.1. The average Bonchev–Trinajstić information content (AvgIpc) is 2.70. The topological polar surface area (TPSA) is 63.7 Å². The molecule has 0 aliphatic rings. The van der Waals surface area contributed by atoms with Gasteiger partial charge in [-0.15, -0.1) is 0 Å². The standard InChI is InChI=1S/C21H18FNO4S/c1-2-27-19-13-11-18(12-14-19)23(21(24)16-7-6-8-17(22)15-16)28(25,26)20-9-4-3-5-10-20/h3-15H,2H2,1H3. The highest BCUT2D eigenvalue weighted by molar-refractivity contribution is 7.93. The lowest BCUT2D eigenvalue weighted by atomic mass is 10.2. The van der Waals surface area contributed by atoms with Crippen molar-refractivity contribution < 1.29 is 22.3 Å². The van der Waals surface area contributed by atoms with E-state index in [0.717, 1.165) is 6.07 Å². The molecule has 0 unspecified atom stereocenters. The molecule has 0 radical (unpaired) electrons. The van der Waals surface area contributed by atoms with Crippen LogP contribution in [0.25, 0.3) is 0 Å². The molecular weight excluding hydrogens is 381 g/mol. The van der Waals surface area contributed by atoms with Gasteiger partial charge in [0, 0.05) is 5.56 Å². The molecule has 1 amide bonds. The van der Waals surface area contributed by atoms with Gasteiger partial charge in [0.2, 0.25) is 0 Å². The number of halogens is 1. The molecule has 0 saturated heterocycles. The molecule has 0 aromatic heterocycles. The summed E-state index contributed by atoms with van der Waals surface area (Å²) in [6.45, 7) is 2.28. The maximum absolute atomic E-state index is 13.6. The molecule has 28 heavy (non-hydrogen) atoms. The summed E-state index contributed by atoms with van der Waals surface area (Å²) in [5.41, 5.74) is 0.0509. The Labute approximate surface area is 163 Å². The van der Waals surface area contributed by atoms with Crippen LogP contribution in [0.2, 0.25) is 0 Å². The van der Waals surface area contributed by atoms with E-state index in [-0.39, 0.29) is 16.1 Å². The molecule has 3 rings (SSSR count). The normalized spacial score (nSPS) is 11.1. The van der Waals surface area contributed by atoms with E-state index in [1.807, 2.05) is 6.92 Å². The third-order valence-corrected chi connectivity index (χ3v) is 5.64. The van der Waals surface area contributed by atoms with Crippen molar-refractivity contribution in [1.82, 2.24) is 0 Å². The first-order chi connectivity index (χ1) is 13.4. The molecule has 3 aromatic carbocycles. The summed E-state index contributed by atoms with van der Waals surface area (Å²) in [5, 5.41) is 0. The fourth-order valence-electron chi connectivity index (χ4n) is 2.65. The Morgan fingerprint density at radius 1 is 0.964 bits per heavy atom. The van der Waals surface area contributed by atoms with Crippen molar-refractivity contribution in [3.8, 4) is 5.75 Å². The number of hydrogen-bond acceptors (Lipinski definition) is 4. The number of amides is 1. The van der Waals surface area contributed by atoms with Crippen LogP contribution in [0.4, 0.5) is 10.1 Å². The van der Waals surface area contributed by atoms with Gasteiger partial charge in [-0.05, 0) is 61.5 Å². The lowest BCUT2D eigenvalue weighted by molar-refractivity contribution is 0.100. The van der Waals surface area contributed by atoms with Crippen LogP contribution in [0.5, 0.6) is 5.75 Å². The van der Waals surface area contributed by atoms with Crippen molar-refractivity contribution in [3.63, 3.8) is 0 Å². The third kappa shape index (κ3) is 4.04. The summed E-state index contributed by atoms with van der Waals surface area (Å²) in [4.78, 5) is 13.0. The molecule has 7 heteroatoms. The summed E-state index contributed by atoms with van der Waals surface area (Å²) in [6, 6.07) is 18.6. The van der Waals surface area contributed by atoms with Crippen LogP contribution in [-0.4, -0.2) is 20.9 Å². The number of ether oxygens (including phenoxy) is 1. The van der Waals surface area contributed by atoms with E-state index in [9.17, 15) is 17.6 Å². The second kappa shape index (κ2) is 8.22. The first-order valence-electron chi connectivity index (χ1n) is 8.56. The van der Waals surface area contributed by atoms with Crippen molar-refractivity contribution in [1.29, 1.82) is 0 Å². The minimum Gasteiger partial charge on any atom is -0.494 e. The number of carbonyl (C=O) groups is 1. The van der Waals surface area contributed by atoms with Gasteiger partial charge >= 0.3 is 0 Å². The Hall–Kier alpha value is -3.19. The summed E-state index contributed by atoms with van der Waals surface area (Å²) in [6.07, 6.45) is 0. The maximum atomic E-state index is 13.6. The van der Waals surface area contributed by atoms with Crippen molar-refractivity contribution in [2.45, 2.75) is 11.8 Å². The Kier molecular flexibility index (Phi) is 5.75. The monoisotopic (exact) mass is 399 g/mol. The Morgan fingerprint density at radius 2 is 1.64 bits per heavy atom. The van der Waals surface area contributed by atoms with Crippen LogP contribution in [0.1, 0.15) is 17.3 Å². The highest BCUT2D eigenvalue weighted by atomic mass is 32.2. The van der Waals surface area contributed by atoms with E-state index in [1.54, 1.807) is 30.3 Å². The van der Waals surface area contributed by atoms with Gasteiger partial charge in [0.05, 0.1) is 17.2 Å². The van der Waals surface area contributed by atoms with Crippen molar-refractivity contribution in [2.24, 2.45) is 0 Å². The zero-order valence-corrected chi connectivity index (χ0v) is 15.9. The maximum Gasteiger partial charge on any atom is 0.272 e. The van der Waals surface area contributed by atoms with Gasteiger partial charge in [0.25, 0.3) is 15.9 Å². The minimum atomic E-state index is -4.22. The van der Waals surface area contributed by atoms with Gasteiger partial charge in [0.1, 0.15) is 11.6 Å². The van der Waals surface area contributed by atoms with Crippen LogP contribution in [0.15, 0.2) is 83.8 Å². The van der Waals surface area contributed by atoms with Gasteiger partial charge in [-0.25, -0.2) is 12.8 Å². The van der Waals surface area contributed by atoms with E-state index in [1.165, 1.54) is 42.5 Å². The van der Waals surface area contributed by atoms with Crippen LogP contribution in [-0.2, 0) is 10.0 Å². The van der Waals surface area contributed by atoms with Crippen LogP contribution in [0, 0.1) is 5.82 Å². The molecular formula is C21H18FNO4S. The third-order valence-electron chi connectivity index (χ3n) is 3.92. The molecule has 0 bridgehead atoms. The number of carbonyl (C=O) groups excluding carboxylic acids is 1. The highest BCUT2D eigenvalue weighted by Gasteiger charge is 2.32. The summed E-state index contributed by atoms with van der Waals surface area (Å²) >= 11 is 0. The number of anilines is 1. The largest absolute Gasteiger partial charge is 0.494 e.